The van der Waals surface area contributed by atoms with E-state index in [1.165, 1.54) is 0 Å². The second kappa shape index (κ2) is 4.75. The first kappa shape index (κ1) is 11.5. The topological polar surface area (TPSA) is 47.6 Å². The van der Waals surface area contributed by atoms with Crippen LogP contribution in [0.5, 0.6) is 0 Å². The van der Waals surface area contributed by atoms with Gasteiger partial charge in [0.2, 0.25) is 0 Å². The molecule has 0 aromatic heterocycles. The summed E-state index contributed by atoms with van der Waals surface area (Å²) in [5.74, 6) is -0.188. The summed E-state index contributed by atoms with van der Waals surface area (Å²) in [6, 6.07) is 0. The minimum absolute atomic E-state index is 0.110. The fourth-order valence-electron chi connectivity index (χ4n) is 1.89. The number of hydrogen-bond donors (Lipinski definition) is 1. The lowest BCUT2D eigenvalue weighted by Crippen LogP contribution is -2.57. The van der Waals surface area contributed by atoms with Gasteiger partial charge in [-0.2, -0.15) is 0 Å². The van der Waals surface area contributed by atoms with E-state index in [9.17, 15) is 4.79 Å². The quantitative estimate of drug-likeness (QED) is 0.680. The standard InChI is InChI=1S/C10H19NO3/c1-4-11-10(9(12)13-5-2)6-7-14-8(10)3/h8,11H,4-7H2,1-3H3. The fraction of sp³-hybridized carbons (Fsp3) is 0.900. The van der Waals surface area contributed by atoms with Crippen molar-refractivity contribution in [3.63, 3.8) is 0 Å². The third-order valence-electron chi connectivity index (χ3n) is 2.69. The van der Waals surface area contributed by atoms with Crippen molar-refractivity contribution in [2.45, 2.75) is 38.8 Å². The average Bonchev–Trinajstić information content (AvgIpc) is 2.50. The smallest absolute Gasteiger partial charge is 0.329 e. The first-order valence-corrected chi connectivity index (χ1v) is 5.21. The molecule has 0 radical (unpaired) electrons. The molecule has 0 amide bonds. The summed E-state index contributed by atoms with van der Waals surface area (Å²) in [4.78, 5) is 11.8. The molecular formula is C10H19NO3. The van der Waals surface area contributed by atoms with Crippen molar-refractivity contribution in [3.05, 3.63) is 0 Å². The summed E-state index contributed by atoms with van der Waals surface area (Å²) in [5, 5.41) is 3.19. The van der Waals surface area contributed by atoms with Crippen molar-refractivity contribution >= 4 is 5.97 Å². The van der Waals surface area contributed by atoms with Gasteiger partial charge in [0.25, 0.3) is 0 Å². The molecule has 1 saturated heterocycles. The number of hydrogen-bond acceptors (Lipinski definition) is 4. The van der Waals surface area contributed by atoms with E-state index in [0.29, 0.717) is 19.6 Å². The molecule has 1 heterocycles. The molecule has 0 aromatic carbocycles. The van der Waals surface area contributed by atoms with Gasteiger partial charge in [-0.25, -0.2) is 4.79 Å². The van der Waals surface area contributed by atoms with Gasteiger partial charge in [-0.05, 0) is 20.4 Å². The molecule has 1 aliphatic heterocycles. The zero-order valence-electron chi connectivity index (χ0n) is 9.13. The maximum atomic E-state index is 11.8. The second-order valence-electron chi connectivity index (χ2n) is 3.49. The molecule has 0 spiro atoms. The molecule has 0 bridgehead atoms. The molecular weight excluding hydrogens is 182 g/mol. The fourth-order valence-corrected chi connectivity index (χ4v) is 1.89. The van der Waals surface area contributed by atoms with Gasteiger partial charge in [0.05, 0.1) is 12.7 Å². The Hall–Kier alpha value is -0.610. The maximum absolute atomic E-state index is 11.8. The lowest BCUT2D eigenvalue weighted by atomic mass is 9.92. The van der Waals surface area contributed by atoms with Gasteiger partial charge in [-0.15, -0.1) is 0 Å². The van der Waals surface area contributed by atoms with Crippen molar-refractivity contribution in [3.8, 4) is 0 Å². The van der Waals surface area contributed by atoms with Crippen LogP contribution in [0.1, 0.15) is 27.2 Å². The second-order valence-corrected chi connectivity index (χ2v) is 3.49. The predicted octanol–water partition coefficient (Wildman–Crippen LogP) is 0.707. The summed E-state index contributed by atoms with van der Waals surface area (Å²) < 4.78 is 10.5. The van der Waals surface area contributed by atoms with Gasteiger partial charge < -0.3 is 9.47 Å². The molecule has 14 heavy (non-hydrogen) atoms. The van der Waals surface area contributed by atoms with E-state index < -0.39 is 5.54 Å². The van der Waals surface area contributed by atoms with Gasteiger partial charge in [-0.1, -0.05) is 6.92 Å². The zero-order valence-corrected chi connectivity index (χ0v) is 9.13. The van der Waals surface area contributed by atoms with Crippen LogP contribution in [-0.2, 0) is 14.3 Å². The zero-order chi connectivity index (χ0) is 10.6. The van der Waals surface area contributed by atoms with E-state index in [0.717, 1.165) is 6.54 Å². The van der Waals surface area contributed by atoms with Gasteiger partial charge in [0, 0.05) is 13.0 Å². The van der Waals surface area contributed by atoms with Crippen LogP contribution in [0.2, 0.25) is 0 Å². The van der Waals surface area contributed by atoms with Gasteiger partial charge in [0.1, 0.15) is 5.54 Å². The summed E-state index contributed by atoms with van der Waals surface area (Å²) in [6.07, 6.45) is 0.586. The Balaban J connectivity index is 2.75. The Morgan fingerprint density at radius 3 is 2.79 bits per heavy atom. The molecule has 2 atom stereocenters. The van der Waals surface area contributed by atoms with Crippen LogP contribution in [0.4, 0.5) is 0 Å². The summed E-state index contributed by atoms with van der Waals surface area (Å²) in [5.41, 5.74) is -0.620. The van der Waals surface area contributed by atoms with Crippen molar-refractivity contribution in [2.75, 3.05) is 19.8 Å². The van der Waals surface area contributed by atoms with Crippen LogP contribution in [0.25, 0.3) is 0 Å². The maximum Gasteiger partial charge on any atom is 0.329 e. The Morgan fingerprint density at radius 1 is 1.64 bits per heavy atom. The van der Waals surface area contributed by atoms with Crippen LogP contribution in [0, 0.1) is 0 Å². The highest BCUT2D eigenvalue weighted by molar-refractivity contribution is 5.82. The van der Waals surface area contributed by atoms with Crippen molar-refractivity contribution in [1.29, 1.82) is 0 Å². The van der Waals surface area contributed by atoms with Crippen molar-refractivity contribution in [2.24, 2.45) is 0 Å². The Labute approximate surface area is 85.0 Å². The molecule has 0 aliphatic carbocycles. The van der Waals surface area contributed by atoms with Crippen molar-refractivity contribution < 1.29 is 14.3 Å². The first-order valence-electron chi connectivity index (χ1n) is 5.21. The normalized spacial score (nSPS) is 31.8. The molecule has 4 heteroatoms. The third-order valence-corrected chi connectivity index (χ3v) is 2.69. The number of likely N-dealkylation sites (N-methyl/N-ethyl adjacent to an activating group) is 1. The van der Waals surface area contributed by atoms with Crippen molar-refractivity contribution in [1.82, 2.24) is 5.32 Å². The molecule has 1 fully saturated rings. The number of ether oxygens (including phenoxy) is 2. The predicted molar refractivity (Wildman–Crippen MR) is 53.1 cm³/mol. The number of carbonyl (C=O) groups excluding carboxylic acids is 1. The number of esters is 1. The van der Waals surface area contributed by atoms with Gasteiger partial charge >= 0.3 is 5.97 Å². The van der Waals surface area contributed by atoms with Crippen LogP contribution in [0.3, 0.4) is 0 Å². The highest BCUT2D eigenvalue weighted by Crippen LogP contribution is 2.27. The SMILES string of the molecule is CCNC1(C(=O)OCC)CCOC1C. The van der Waals surface area contributed by atoms with E-state index in [-0.39, 0.29) is 12.1 Å². The molecule has 1 N–H and O–H groups in total. The van der Waals surface area contributed by atoms with E-state index >= 15 is 0 Å². The molecule has 82 valence electrons. The Morgan fingerprint density at radius 2 is 2.36 bits per heavy atom. The largest absolute Gasteiger partial charge is 0.465 e. The number of carbonyl (C=O) groups is 1. The summed E-state index contributed by atoms with van der Waals surface area (Å²) >= 11 is 0. The number of nitrogens with one attached hydrogen (secondary N) is 1. The van der Waals surface area contributed by atoms with Crippen LogP contribution < -0.4 is 5.32 Å². The monoisotopic (exact) mass is 201 g/mol. The van der Waals surface area contributed by atoms with Crippen LogP contribution in [0.15, 0.2) is 0 Å². The molecule has 1 aliphatic rings. The van der Waals surface area contributed by atoms with E-state index in [2.05, 4.69) is 5.32 Å². The van der Waals surface area contributed by atoms with Gasteiger partial charge in [-0.3, -0.25) is 5.32 Å². The van der Waals surface area contributed by atoms with E-state index in [4.69, 9.17) is 9.47 Å². The molecule has 0 saturated carbocycles. The van der Waals surface area contributed by atoms with Gasteiger partial charge in [0.15, 0.2) is 0 Å². The average molecular weight is 201 g/mol. The lowest BCUT2D eigenvalue weighted by Gasteiger charge is -2.30. The Bertz CT molecular complexity index is 208. The number of rotatable bonds is 4. The molecule has 1 rings (SSSR count). The Kier molecular flexibility index (Phi) is 3.89. The van der Waals surface area contributed by atoms with E-state index in [1.807, 2.05) is 20.8 Å². The van der Waals surface area contributed by atoms with Crippen LogP contribution >= 0.6 is 0 Å². The van der Waals surface area contributed by atoms with Crippen LogP contribution in [-0.4, -0.2) is 37.4 Å². The highest BCUT2D eigenvalue weighted by Gasteiger charge is 2.48. The first-order chi connectivity index (χ1) is 6.67. The molecule has 0 aromatic rings. The third kappa shape index (κ3) is 1.91. The lowest BCUT2D eigenvalue weighted by molar-refractivity contribution is -0.153. The molecule has 4 nitrogen and oxygen atoms in total. The minimum atomic E-state index is -0.620. The summed E-state index contributed by atoms with van der Waals surface area (Å²) in [7, 11) is 0. The molecule has 2 unspecified atom stereocenters. The minimum Gasteiger partial charge on any atom is -0.465 e. The summed E-state index contributed by atoms with van der Waals surface area (Å²) in [6.45, 7) is 7.48. The highest BCUT2D eigenvalue weighted by atomic mass is 16.5. The van der Waals surface area contributed by atoms with E-state index in [1.54, 1.807) is 0 Å².